The molecule has 0 amide bonds. The van der Waals surface area contributed by atoms with E-state index in [0.717, 1.165) is 36.7 Å². The maximum atomic E-state index is 14.5. The highest BCUT2D eigenvalue weighted by Crippen LogP contribution is 2.55. The Morgan fingerprint density at radius 2 is 1.53 bits per heavy atom. The van der Waals surface area contributed by atoms with Crippen LogP contribution >= 0.6 is 0 Å². The van der Waals surface area contributed by atoms with Gasteiger partial charge in [-0.2, -0.15) is 0 Å². The standard InChI is InChI=1S/C39H54O6/c1-24(2)13-11-15-27(7)17-19-29-34(41)30(18-16-26(5)6)37-33(35(29)42)36(43)31-21-28(23-40)22-32(39(31,10)45-37)38(8,9)44-20-12-14-25(3)4/h13-14,16-17,21,23,28,32,41-42H,11-12,15,18-20,22H2,1-10H3/b27-17+/t28-,32?,39?/m1/s1. The van der Waals surface area contributed by atoms with Gasteiger partial charge in [0, 0.05) is 28.5 Å². The molecule has 2 unspecified atom stereocenters. The lowest BCUT2D eigenvalue weighted by molar-refractivity contribution is -0.127. The number of carbonyl (C=O) groups excluding carboxylic acids is 2. The molecule has 6 heteroatoms. The van der Waals surface area contributed by atoms with Crippen molar-refractivity contribution in [3.8, 4) is 17.2 Å². The van der Waals surface area contributed by atoms with Crippen LogP contribution in [0.3, 0.4) is 0 Å². The Hall–Kier alpha value is -3.38. The summed E-state index contributed by atoms with van der Waals surface area (Å²) < 4.78 is 13.3. The highest BCUT2D eigenvalue weighted by molar-refractivity contribution is 6.15. The second-order valence-corrected chi connectivity index (χ2v) is 14.1. The van der Waals surface area contributed by atoms with Crippen molar-refractivity contribution in [2.75, 3.05) is 6.61 Å². The number of carbonyl (C=O) groups is 2. The molecular weight excluding hydrogens is 564 g/mol. The van der Waals surface area contributed by atoms with E-state index in [1.165, 1.54) is 11.1 Å². The number of aldehydes is 1. The number of allylic oxidation sites excluding steroid dienone is 8. The third-order valence-corrected chi connectivity index (χ3v) is 9.09. The SMILES string of the molecule is CC(C)=CCCOC(C)(C)C1C[C@H](C=O)C=C2C(=O)c3c(O)c(C/C=C(\C)CCC=C(C)C)c(O)c(CC=C(C)C)c3OC21C. The van der Waals surface area contributed by atoms with Crippen LogP contribution in [0, 0.1) is 11.8 Å². The summed E-state index contributed by atoms with van der Waals surface area (Å²) in [7, 11) is 0. The molecule has 1 aliphatic heterocycles. The van der Waals surface area contributed by atoms with Crippen molar-refractivity contribution >= 4 is 12.1 Å². The van der Waals surface area contributed by atoms with E-state index in [1.807, 2.05) is 67.5 Å². The van der Waals surface area contributed by atoms with E-state index in [0.29, 0.717) is 36.1 Å². The molecule has 2 aliphatic rings. The molecule has 3 atom stereocenters. The second-order valence-electron chi connectivity index (χ2n) is 14.1. The lowest BCUT2D eigenvalue weighted by Gasteiger charge is -2.51. The van der Waals surface area contributed by atoms with E-state index in [1.54, 1.807) is 6.08 Å². The summed E-state index contributed by atoms with van der Waals surface area (Å²) in [6, 6.07) is 0. The number of ketones is 1. The molecule has 1 heterocycles. The first-order valence-corrected chi connectivity index (χ1v) is 16.2. The van der Waals surface area contributed by atoms with Gasteiger partial charge < -0.3 is 24.5 Å². The van der Waals surface area contributed by atoms with Crippen LogP contribution in [0.15, 0.2) is 58.2 Å². The third-order valence-electron chi connectivity index (χ3n) is 9.09. The molecule has 0 fully saturated rings. The molecule has 0 aromatic heterocycles. The molecule has 2 N–H and O–H groups in total. The highest BCUT2D eigenvalue weighted by Gasteiger charge is 2.56. The van der Waals surface area contributed by atoms with Gasteiger partial charge in [0.05, 0.1) is 12.2 Å². The summed E-state index contributed by atoms with van der Waals surface area (Å²) >= 11 is 0. The summed E-state index contributed by atoms with van der Waals surface area (Å²) in [5, 5.41) is 23.3. The lowest BCUT2D eigenvalue weighted by Crippen LogP contribution is -2.58. The Kier molecular flexibility index (Phi) is 11.9. The van der Waals surface area contributed by atoms with Crippen LogP contribution in [-0.2, 0) is 22.4 Å². The lowest BCUT2D eigenvalue weighted by atomic mass is 9.63. The minimum atomic E-state index is -1.15. The number of phenols is 2. The number of benzene rings is 1. The van der Waals surface area contributed by atoms with Gasteiger partial charge in [-0.25, -0.2) is 0 Å². The fraction of sp³-hybridized carbons (Fsp3) is 0.538. The Morgan fingerprint density at radius 3 is 2.13 bits per heavy atom. The molecular formula is C39H54O6. The van der Waals surface area contributed by atoms with Crippen molar-refractivity contribution in [1.82, 2.24) is 0 Å². The van der Waals surface area contributed by atoms with E-state index in [2.05, 4.69) is 26.0 Å². The molecule has 45 heavy (non-hydrogen) atoms. The molecule has 1 aromatic rings. The Morgan fingerprint density at radius 1 is 0.933 bits per heavy atom. The van der Waals surface area contributed by atoms with Crippen molar-refractivity contribution in [2.45, 2.75) is 119 Å². The van der Waals surface area contributed by atoms with Crippen LogP contribution in [0.4, 0.5) is 0 Å². The van der Waals surface area contributed by atoms with Crippen molar-refractivity contribution in [1.29, 1.82) is 0 Å². The maximum Gasteiger partial charge on any atom is 0.200 e. The zero-order valence-corrected chi connectivity index (χ0v) is 29.1. The second kappa shape index (κ2) is 14.8. The average molecular weight is 619 g/mol. The number of hydrogen-bond acceptors (Lipinski definition) is 6. The van der Waals surface area contributed by atoms with E-state index >= 15 is 0 Å². The number of ether oxygens (including phenoxy) is 2. The van der Waals surface area contributed by atoms with E-state index in [-0.39, 0.29) is 40.9 Å². The number of phenolic OH excluding ortho intramolecular Hbond substituents is 2. The first-order valence-electron chi connectivity index (χ1n) is 16.2. The summed E-state index contributed by atoms with van der Waals surface area (Å²) in [5.74, 6) is -1.37. The minimum absolute atomic E-state index is 0.0480. The Labute approximate surface area is 270 Å². The number of rotatable bonds is 13. The van der Waals surface area contributed by atoms with Gasteiger partial charge in [0.15, 0.2) is 5.78 Å². The first-order chi connectivity index (χ1) is 21.0. The molecule has 0 spiro atoms. The van der Waals surface area contributed by atoms with Crippen molar-refractivity contribution in [2.24, 2.45) is 11.8 Å². The molecule has 0 saturated carbocycles. The fourth-order valence-electron chi connectivity index (χ4n) is 6.51. The number of aromatic hydroxyl groups is 2. The van der Waals surface area contributed by atoms with E-state index < -0.39 is 17.1 Å². The summed E-state index contributed by atoms with van der Waals surface area (Å²) in [6.07, 6.45) is 14.4. The average Bonchev–Trinajstić information content (AvgIpc) is 2.94. The first kappa shape index (κ1) is 36.1. The molecule has 1 aromatic carbocycles. The zero-order valence-electron chi connectivity index (χ0n) is 29.1. The largest absolute Gasteiger partial charge is 0.507 e. The van der Waals surface area contributed by atoms with Gasteiger partial charge in [-0.05, 0) is 108 Å². The molecule has 6 nitrogen and oxygen atoms in total. The Balaban J connectivity index is 2.16. The monoisotopic (exact) mass is 618 g/mol. The highest BCUT2D eigenvalue weighted by atomic mass is 16.5. The van der Waals surface area contributed by atoms with Crippen LogP contribution in [-0.4, -0.2) is 40.1 Å². The van der Waals surface area contributed by atoms with Gasteiger partial charge in [0.25, 0.3) is 0 Å². The summed E-state index contributed by atoms with van der Waals surface area (Å²) in [6.45, 7) is 20.5. The van der Waals surface area contributed by atoms with Crippen molar-refractivity contribution in [3.05, 3.63) is 74.9 Å². The minimum Gasteiger partial charge on any atom is -0.507 e. The third kappa shape index (κ3) is 8.26. The van der Waals surface area contributed by atoms with Crippen molar-refractivity contribution < 1.29 is 29.3 Å². The van der Waals surface area contributed by atoms with Gasteiger partial charge in [-0.3, -0.25) is 4.79 Å². The predicted octanol–water partition coefficient (Wildman–Crippen LogP) is 9.09. The van der Waals surface area contributed by atoms with E-state index in [4.69, 9.17) is 9.47 Å². The molecule has 246 valence electrons. The smallest absolute Gasteiger partial charge is 0.200 e. The fourth-order valence-corrected chi connectivity index (χ4v) is 6.51. The zero-order chi connectivity index (χ0) is 33.7. The summed E-state index contributed by atoms with van der Waals surface area (Å²) in [4.78, 5) is 26.6. The molecule has 1 aliphatic carbocycles. The topological polar surface area (TPSA) is 93.1 Å². The molecule has 0 radical (unpaired) electrons. The van der Waals surface area contributed by atoms with E-state index in [9.17, 15) is 19.8 Å². The normalized spacial score (nSPS) is 21.2. The van der Waals surface area contributed by atoms with Gasteiger partial charge in [0.2, 0.25) is 0 Å². The number of Topliss-reactive ketones (excluding diaryl/α,β-unsaturated/α-hetero) is 1. The van der Waals surface area contributed by atoms with Crippen LogP contribution in [0.1, 0.15) is 116 Å². The van der Waals surface area contributed by atoms with Crippen LogP contribution in [0.5, 0.6) is 17.2 Å². The maximum absolute atomic E-state index is 14.5. The quantitative estimate of drug-likeness (QED) is 0.130. The Bertz CT molecular complexity index is 1440. The summed E-state index contributed by atoms with van der Waals surface area (Å²) in [5.41, 5.74) is 3.92. The molecule has 0 saturated heterocycles. The van der Waals surface area contributed by atoms with Gasteiger partial charge in [-0.15, -0.1) is 0 Å². The molecule has 0 bridgehead atoms. The molecule has 3 rings (SSSR count). The van der Waals surface area contributed by atoms with Gasteiger partial charge in [-0.1, -0.05) is 52.7 Å². The van der Waals surface area contributed by atoms with Crippen LogP contribution in [0.25, 0.3) is 0 Å². The predicted molar refractivity (Wildman–Crippen MR) is 182 cm³/mol. The number of fused-ring (bicyclic) bond motifs is 2. The van der Waals surface area contributed by atoms with Gasteiger partial charge in [0.1, 0.15) is 34.7 Å². The van der Waals surface area contributed by atoms with Gasteiger partial charge >= 0.3 is 0 Å². The van der Waals surface area contributed by atoms with Crippen LogP contribution in [0.2, 0.25) is 0 Å². The number of hydrogen-bond donors (Lipinski definition) is 2. The van der Waals surface area contributed by atoms with Crippen molar-refractivity contribution in [3.63, 3.8) is 0 Å². The van der Waals surface area contributed by atoms with Crippen LogP contribution < -0.4 is 4.74 Å².